The molecule has 0 aliphatic carbocycles. The molecule has 1 unspecified atom stereocenters. The molecule has 1 heterocycles. The number of hydrogen-bond acceptors (Lipinski definition) is 4. The van der Waals surface area contributed by atoms with E-state index in [1.807, 2.05) is 4.90 Å². The van der Waals surface area contributed by atoms with Crippen LogP contribution in [-0.2, 0) is 11.3 Å². The average molecular weight is 300 g/mol. The fourth-order valence-corrected chi connectivity index (χ4v) is 2.86. The Morgan fingerprint density at radius 3 is 2.85 bits per heavy atom. The second-order valence-corrected chi connectivity index (χ2v) is 5.66. The van der Waals surface area contributed by atoms with E-state index in [-0.39, 0.29) is 5.75 Å². The molecule has 1 atom stereocenters. The summed E-state index contributed by atoms with van der Waals surface area (Å²) in [5, 5.41) is 20.0. The smallest absolute Gasteiger partial charge is 0.323 e. The topological polar surface area (TPSA) is 70.0 Å². The summed E-state index contributed by atoms with van der Waals surface area (Å²) in [6.45, 7) is 2.71. The Labute approximate surface area is 122 Å². The van der Waals surface area contributed by atoms with Gasteiger partial charge in [-0.15, -0.1) is 0 Å². The van der Waals surface area contributed by atoms with Crippen molar-refractivity contribution in [1.29, 1.82) is 0 Å². The molecule has 5 nitrogen and oxygen atoms in total. The third-order valence-electron chi connectivity index (χ3n) is 3.95. The summed E-state index contributed by atoms with van der Waals surface area (Å²) in [4.78, 5) is 13.3. The van der Waals surface area contributed by atoms with Gasteiger partial charge in [-0.25, -0.2) is 0 Å². The number of methoxy groups -OCH3 is 1. The minimum Gasteiger partial charge on any atom is -0.504 e. The van der Waals surface area contributed by atoms with Gasteiger partial charge in [0.15, 0.2) is 11.5 Å². The maximum absolute atomic E-state index is 11.4. The molecule has 2 N–H and O–H groups in total. The average Bonchev–Trinajstić information content (AvgIpc) is 2.76. The van der Waals surface area contributed by atoms with E-state index in [2.05, 4.69) is 0 Å². The Kier molecular flexibility index (Phi) is 4.11. The van der Waals surface area contributed by atoms with Gasteiger partial charge in [0.1, 0.15) is 5.54 Å². The number of aromatic hydroxyl groups is 1. The fourth-order valence-electron chi connectivity index (χ4n) is 2.62. The van der Waals surface area contributed by atoms with Crippen molar-refractivity contribution in [2.45, 2.75) is 31.8 Å². The van der Waals surface area contributed by atoms with Crippen LogP contribution < -0.4 is 4.74 Å². The van der Waals surface area contributed by atoms with Crippen LogP contribution in [0.1, 0.15) is 25.3 Å². The van der Waals surface area contributed by atoms with E-state index in [4.69, 9.17) is 16.3 Å². The van der Waals surface area contributed by atoms with Crippen LogP contribution in [0.15, 0.2) is 12.1 Å². The maximum atomic E-state index is 11.4. The van der Waals surface area contributed by atoms with Gasteiger partial charge >= 0.3 is 5.97 Å². The maximum Gasteiger partial charge on any atom is 0.323 e. The van der Waals surface area contributed by atoms with Gasteiger partial charge in [-0.2, -0.15) is 0 Å². The summed E-state index contributed by atoms with van der Waals surface area (Å²) in [5.41, 5.74) is -0.328. The summed E-state index contributed by atoms with van der Waals surface area (Å²) in [7, 11) is 1.45. The molecular weight excluding hydrogens is 282 g/mol. The molecule has 0 spiro atoms. The van der Waals surface area contributed by atoms with Crippen molar-refractivity contribution >= 4 is 17.6 Å². The van der Waals surface area contributed by atoms with E-state index in [9.17, 15) is 15.0 Å². The summed E-state index contributed by atoms with van der Waals surface area (Å²) in [5.74, 6) is -0.538. The molecule has 1 aliphatic heterocycles. The quantitative estimate of drug-likeness (QED) is 0.894. The largest absolute Gasteiger partial charge is 0.504 e. The first-order valence-corrected chi connectivity index (χ1v) is 6.80. The Balaban J connectivity index is 2.30. The van der Waals surface area contributed by atoms with Gasteiger partial charge in [0, 0.05) is 23.2 Å². The number of ether oxygens (including phenoxy) is 1. The Morgan fingerprint density at radius 2 is 2.25 bits per heavy atom. The van der Waals surface area contributed by atoms with Gasteiger partial charge in [-0.1, -0.05) is 11.6 Å². The number of aliphatic carboxylic acids is 1. The number of hydrogen-bond donors (Lipinski definition) is 2. The second kappa shape index (κ2) is 5.50. The summed E-state index contributed by atoms with van der Waals surface area (Å²) in [6.07, 6.45) is 1.42. The van der Waals surface area contributed by atoms with Crippen molar-refractivity contribution in [2.24, 2.45) is 0 Å². The molecule has 0 bridgehead atoms. The highest BCUT2D eigenvalue weighted by atomic mass is 35.5. The second-order valence-electron chi connectivity index (χ2n) is 5.22. The highest BCUT2D eigenvalue weighted by Crippen LogP contribution is 2.37. The van der Waals surface area contributed by atoms with Gasteiger partial charge in [0.05, 0.1) is 7.11 Å². The number of carboxylic acid groups (broad SMARTS) is 1. The van der Waals surface area contributed by atoms with Gasteiger partial charge in [-0.05, 0) is 32.4 Å². The van der Waals surface area contributed by atoms with E-state index in [1.54, 1.807) is 13.0 Å². The van der Waals surface area contributed by atoms with E-state index in [0.29, 0.717) is 35.8 Å². The van der Waals surface area contributed by atoms with Crippen LogP contribution in [0.5, 0.6) is 11.5 Å². The predicted octanol–water partition coefficient (Wildman–Crippen LogP) is 2.49. The van der Waals surface area contributed by atoms with Crippen LogP contribution in [0.4, 0.5) is 0 Å². The van der Waals surface area contributed by atoms with Crippen LogP contribution in [0.25, 0.3) is 0 Å². The Hall–Kier alpha value is -1.46. The Bertz CT molecular complexity index is 534. The summed E-state index contributed by atoms with van der Waals surface area (Å²) >= 11 is 5.99. The molecular formula is C14H18ClNO4. The fraction of sp³-hybridized carbons (Fsp3) is 0.500. The number of benzene rings is 1. The SMILES string of the molecule is COc1cc(Cl)cc(CN2CCCC2(C)C(=O)O)c1O. The lowest BCUT2D eigenvalue weighted by Crippen LogP contribution is -2.47. The normalized spacial score (nSPS) is 22.9. The molecule has 0 aromatic heterocycles. The van der Waals surface area contributed by atoms with E-state index < -0.39 is 11.5 Å². The van der Waals surface area contributed by atoms with Crippen LogP contribution in [-0.4, -0.2) is 40.3 Å². The lowest BCUT2D eigenvalue weighted by Gasteiger charge is -2.31. The van der Waals surface area contributed by atoms with Crippen molar-refractivity contribution in [3.63, 3.8) is 0 Å². The van der Waals surface area contributed by atoms with Gasteiger partial charge in [0.2, 0.25) is 0 Å². The molecule has 1 aromatic rings. The minimum absolute atomic E-state index is 0.0107. The summed E-state index contributed by atoms with van der Waals surface area (Å²) < 4.78 is 5.06. The zero-order valence-electron chi connectivity index (χ0n) is 11.5. The number of carboxylic acids is 1. The molecule has 0 radical (unpaired) electrons. The highest BCUT2D eigenvalue weighted by Gasteiger charge is 2.43. The van der Waals surface area contributed by atoms with Crippen LogP contribution >= 0.6 is 11.6 Å². The number of phenolic OH excluding ortho intramolecular Hbond substituents is 1. The lowest BCUT2D eigenvalue weighted by atomic mass is 9.98. The third kappa shape index (κ3) is 2.55. The minimum atomic E-state index is -0.901. The summed E-state index contributed by atoms with van der Waals surface area (Å²) in [6, 6.07) is 3.17. The van der Waals surface area contributed by atoms with Crippen LogP contribution in [0.2, 0.25) is 5.02 Å². The van der Waals surface area contributed by atoms with Crippen molar-refractivity contribution < 1.29 is 19.7 Å². The number of likely N-dealkylation sites (tertiary alicyclic amines) is 1. The van der Waals surface area contributed by atoms with E-state index >= 15 is 0 Å². The molecule has 1 aromatic carbocycles. The lowest BCUT2D eigenvalue weighted by molar-refractivity contribution is -0.148. The van der Waals surface area contributed by atoms with Crippen molar-refractivity contribution in [1.82, 2.24) is 4.90 Å². The first-order valence-electron chi connectivity index (χ1n) is 6.42. The van der Waals surface area contributed by atoms with Crippen molar-refractivity contribution in [2.75, 3.05) is 13.7 Å². The monoisotopic (exact) mass is 299 g/mol. The van der Waals surface area contributed by atoms with E-state index in [0.717, 1.165) is 6.42 Å². The number of nitrogens with zero attached hydrogens (tertiary/aromatic N) is 1. The number of phenols is 1. The van der Waals surface area contributed by atoms with Gasteiger partial charge in [-0.3, -0.25) is 9.69 Å². The van der Waals surface area contributed by atoms with Gasteiger partial charge < -0.3 is 14.9 Å². The highest BCUT2D eigenvalue weighted by molar-refractivity contribution is 6.30. The number of halogens is 1. The van der Waals surface area contributed by atoms with Crippen molar-refractivity contribution in [3.8, 4) is 11.5 Å². The molecule has 110 valence electrons. The van der Waals surface area contributed by atoms with Crippen LogP contribution in [0, 0.1) is 0 Å². The molecule has 1 fully saturated rings. The molecule has 1 aliphatic rings. The predicted molar refractivity (Wildman–Crippen MR) is 75.4 cm³/mol. The Morgan fingerprint density at radius 1 is 1.55 bits per heavy atom. The zero-order chi connectivity index (χ0) is 14.9. The first kappa shape index (κ1) is 14.9. The molecule has 2 rings (SSSR count). The zero-order valence-corrected chi connectivity index (χ0v) is 12.3. The number of carbonyl (C=O) groups is 1. The first-order chi connectivity index (χ1) is 9.38. The molecule has 1 saturated heterocycles. The molecule has 0 amide bonds. The van der Waals surface area contributed by atoms with E-state index in [1.165, 1.54) is 13.2 Å². The third-order valence-corrected chi connectivity index (χ3v) is 4.17. The standard InChI is InChI=1S/C14H18ClNO4/c1-14(13(18)19)4-3-5-16(14)8-9-6-10(15)7-11(20-2)12(9)17/h6-7,17H,3-5,8H2,1-2H3,(H,18,19). The number of rotatable bonds is 4. The molecule has 0 saturated carbocycles. The van der Waals surface area contributed by atoms with Gasteiger partial charge in [0.25, 0.3) is 0 Å². The van der Waals surface area contributed by atoms with Crippen molar-refractivity contribution in [3.05, 3.63) is 22.7 Å². The molecule has 20 heavy (non-hydrogen) atoms. The molecule has 6 heteroatoms. The van der Waals surface area contributed by atoms with Crippen LogP contribution in [0.3, 0.4) is 0 Å².